The number of hydrogen-bond donors (Lipinski definition) is 1. The fourth-order valence-corrected chi connectivity index (χ4v) is 1.87. The number of ether oxygens (including phenoxy) is 1. The van der Waals surface area contributed by atoms with Crippen LogP contribution in [0.5, 0.6) is 0 Å². The van der Waals surface area contributed by atoms with Crippen LogP contribution < -0.4 is 5.32 Å². The van der Waals surface area contributed by atoms with Crippen LogP contribution in [0.15, 0.2) is 24.4 Å². The summed E-state index contributed by atoms with van der Waals surface area (Å²) in [6.45, 7) is 1.85. The summed E-state index contributed by atoms with van der Waals surface area (Å²) in [7, 11) is 1.63. The van der Waals surface area contributed by atoms with E-state index in [0.29, 0.717) is 25.4 Å². The molecule has 9 heteroatoms. The minimum atomic E-state index is -0.532. The standard InChI is InChI=1S/C12H14ClN5O3/c1-21-5-4-14-7-9-8-17(16-15-9)10-2-3-11(13)12(6-10)18(19)20/h2-3,6,8,14H,4-5,7H2,1H3. The van der Waals surface area contributed by atoms with E-state index in [0.717, 1.165) is 5.69 Å². The lowest BCUT2D eigenvalue weighted by Crippen LogP contribution is -2.18. The Labute approximate surface area is 125 Å². The molecule has 0 bridgehead atoms. The van der Waals surface area contributed by atoms with E-state index in [1.54, 1.807) is 19.4 Å². The smallest absolute Gasteiger partial charge is 0.290 e. The molecule has 0 saturated carbocycles. The van der Waals surface area contributed by atoms with Crippen LogP contribution >= 0.6 is 11.6 Å². The van der Waals surface area contributed by atoms with Gasteiger partial charge in [0.1, 0.15) is 5.02 Å². The summed E-state index contributed by atoms with van der Waals surface area (Å²) in [6.07, 6.45) is 1.70. The van der Waals surface area contributed by atoms with Gasteiger partial charge in [0.05, 0.1) is 29.1 Å². The van der Waals surface area contributed by atoms with Crippen molar-refractivity contribution in [2.45, 2.75) is 6.54 Å². The van der Waals surface area contributed by atoms with Gasteiger partial charge in [0.25, 0.3) is 5.69 Å². The highest BCUT2D eigenvalue weighted by atomic mass is 35.5. The first-order valence-corrected chi connectivity index (χ1v) is 6.55. The first kappa shape index (κ1) is 15.4. The molecule has 8 nitrogen and oxygen atoms in total. The minimum Gasteiger partial charge on any atom is -0.383 e. The summed E-state index contributed by atoms with van der Waals surface area (Å²) in [5.74, 6) is 0. The van der Waals surface area contributed by atoms with Gasteiger partial charge in [0, 0.05) is 26.3 Å². The van der Waals surface area contributed by atoms with Crippen LogP contribution in [-0.4, -0.2) is 40.2 Å². The van der Waals surface area contributed by atoms with E-state index in [4.69, 9.17) is 16.3 Å². The highest BCUT2D eigenvalue weighted by Crippen LogP contribution is 2.26. The molecule has 0 saturated heterocycles. The van der Waals surface area contributed by atoms with Gasteiger partial charge in [-0.15, -0.1) is 5.10 Å². The molecule has 21 heavy (non-hydrogen) atoms. The van der Waals surface area contributed by atoms with Crippen LogP contribution in [0.3, 0.4) is 0 Å². The Hall–Kier alpha value is -2.03. The zero-order valence-corrected chi connectivity index (χ0v) is 12.1. The molecule has 0 spiro atoms. The zero-order chi connectivity index (χ0) is 15.2. The van der Waals surface area contributed by atoms with E-state index in [-0.39, 0.29) is 10.7 Å². The highest BCUT2D eigenvalue weighted by molar-refractivity contribution is 6.32. The summed E-state index contributed by atoms with van der Waals surface area (Å²) in [6, 6.07) is 4.47. The summed E-state index contributed by atoms with van der Waals surface area (Å²) in [5.41, 5.74) is 1.09. The number of nitrogens with one attached hydrogen (secondary N) is 1. The second-order valence-electron chi connectivity index (χ2n) is 4.22. The van der Waals surface area contributed by atoms with E-state index in [2.05, 4.69) is 15.6 Å². The van der Waals surface area contributed by atoms with E-state index in [9.17, 15) is 10.1 Å². The number of nitro groups is 1. The van der Waals surface area contributed by atoms with Crippen molar-refractivity contribution in [3.05, 3.63) is 45.2 Å². The summed E-state index contributed by atoms with van der Waals surface area (Å²) >= 11 is 5.77. The van der Waals surface area contributed by atoms with Crippen molar-refractivity contribution in [1.82, 2.24) is 20.3 Å². The SMILES string of the molecule is COCCNCc1cn(-c2ccc(Cl)c([N+](=O)[O-])c2)nn1. The molecule has 0 amide bonds. The molecule has 112 valence electrons. The predicted octanol–water partition coefficient (Wildman–Crippen LogP) is 1.56. The summed E-state index contributed by atoms with van der Waals surface area (Å²) in [4.78, 5) is 10.3. The third kappa shape index (κ3) is 3.97. The summed E-state index contributed by atoms with van der Waals surface area (Å²) < 4.78 is 6.39. The van der Waals surface area contributed by atoms with Crippen molar-refractivity contribution in [3.8, 4) is 5.69 Å². The molecule has 0 atom stereocenters. The lowest BCUT2D eigenvalue weighted by molar-refractivity contribution is -0.384. The Morgan fingerprint density at radius 3 is 3.05 bits per heavy atom. The number of aromatic nitrogens is 3. The Morgan fingerprint density at radius 2 is 2.33 bits per heavy atom. The Bertz CT molecular complexity index is 631. The van der Waals surface area contributed by atoms with Crippen LogP contribution in [0.1, 0.15) is 5.69 Å². The quantitative estimate of drug-likeness (QED) is 0.474. The largest absolute Gasteiger partial charge is 0.383 e. The van der Waals surface area contributed by atoms with Crippen LogP contribution in [0.4, 0.5) is 5.69 Å². The van der Waals surface area contributed by atoms with Crippen LogP contribution in [-0.2, 0) is 11.3 Å². The number of nitro benzene ring substituents is 1. The van der Waals surface area contributed by atoms with Gasteiger partial charge in [-0.3, -0.25) is 10.1 Å². The molecule has 0 fully saturated rings. The summed E-state index contributed by atoms with van der Waals surface area (Å²) in [5, 5.41) is 22.0. The number of nitrogens with zero attached hydrogens (tertiary/aromatic N) is 4. The molecule has 0 aliphatic heterocycles. The van der Waals surface area contributed by atoms with Crippen molar-refractivity contribution < 1.29 is 9.66 Å². The average molecular weight is 312 g/mol. The molecule has 0 radical (unpaired) electrons. The molecule has 1 aromatic carbocycles. The van der Waals surface area contributed by atoms with E-state index in [1.807, 2.05) is 0 Å². The fourth-order valence-electron chi connectivity index (χ4n) is 1.68. The molecule has 1 aromatic heterocycles. The van der Waals surface area contributed by atoms with Gasteiger partial charge in [-0.2, -0.15) is 0 Å². The topological polar surface area (TPSA) is 95.1 Å². The maximum absolute atomic E-state index is 10.9. The van der Waals surface area contributed by atoms with Crippen LogP contribution in [0, 0.1) is 10.1 Å². The van der Waals surface area contributed by atoms with E-state index < -0.39 is 4.92 Å². The molecule has 0 aliphatic rings. The third-order valence-corrected chi connectivity index (χ3v) is 3.04. The molecule has 2 aromatic rings. The first-order valence-electron chi connectivity index (χ1n) is 6.17. The van der Waals surface area contributed by atoms with E-state index >= 15 is 0 Å². The van der Waals surface area contributed by atoms with Crippen molar-refractivity contribution in [1.29, 1.82) is 0 Å². The van der Waals surface area contributed by atoms with Gasteiger partial charge in [0.2, 0.25) is 0 Å². The minimum absolute atomic E-state index is 0.0883. The zero-order valence-electron chi connectivity index (χ0n) is 11.3. The Morgan fingerprint density at radius 1 is 1.52 bits per heavy atom. The number of rotatable bonds is 7. The second kappa shape index (κ2) is 7.11. The van der Waals surface area contributed by atoms with Crippen molar-refractivity contribution in [2.75, 3.05) is 20.3 Å². The second-order valence-corrected chi connectivity index (χ2v) is 4.62. The molecule has 2 rings (SSSR count). The van der Waals surface area contributed by atoms with Gasteiger partial charge in [-0.25, -0.2) is 4.68 Å². The van der Waals surface area contributed by atoms with Gasteiger partial charge in [0.15, 0.2) is 0 Å². The Kier molecular flexibility index (Phi) is 5.20. The maximum atomic E-state index is 10.9. The lowest BCUT2D eigenvalue weighted by atomic mass is 10.3. The molecule has 0 aliphatic carbocycles. The number of methoxy groups -OCH3 is 1. The normalized spacial score (nSPS) is 10.8. The first-order chi connectivity index (χ1) is 10.1. The third-order valence-electron chi connectivity index (χ3n) is 2.72. The molecule has 1 heterocycles. The van der Waals surface area contributed by atoms with Crippen molar-refractivity contribution >= 4 is 17.3 Å². The van der Waals surface area contributed by atoms with Crippen molar-refractivity contribution in [3.63, 3.8) is 0 Å². The van der Waals surface area contributed by atoms with Crippen LogP contribution in [0.2, 0.25) is 5.02 Å². The molecule has 1 N–H and O–H groups in total. The number of benzene rings is 1. The maximum Gasteiger partial charge on any atom is 0.290 e. The Balaban J connectivity index is 2.10. The average Bonchev–Trinajstić information content (AvgIpc) is 2.92. The van der Waals surface area contributed by atoms with Gasteiger partial charge in [-0.1, -0.05) is 16.8 Å². The highest BCUT2D eigenvalue weighted by Gasteiger charge is 2.14. The lowest BCUT2D eigenvalue weighted by Gasteiger charge is -2.01. The molecule has 0 unspecified atom stereocenters. The van der Waals surface area contributed by atoms with Crippen molar-refractivity contribution in [2.24, 2.45) is 0 Å². The number of halogens is 1. The fraction of sp³-hybridized carbons (Fsp3) is 0.333. The predicted molar refractivity (Wildman–Crippen MR) is 76.6 cm³/mol. The van der Waals surface area contributed by atoms with Gasteiger partial charge >= 0.3 is 0 Å². The molecular weight excluding hydrogens is 298 g/mol. The van der Waals surface area contributed by atoms with E-state index in [1.165, 1.54) is 16.8 Å². The van der Waals surface area contributed by atoms with Crippen LogP contribution in [0.25, 0.3) is 5.69 Å². The molecular formula is C12H14ClN5O3. The monoisotopic (exact) mass is 311 g/mol. The van der Waals surface area contributed by atoms with Gasteiger partial charge < -0.3 is 10.1 Å². The van der Waals surface area contributed by atoms with Gasteiger partial charge in [-0.05, 0) is 12.1 Å². The number of hydrogen-bond acceptors (Lipinski definition) is 6.